The van der Waals surface area contributed by atoms with E-state index in [0.717, 1.165) is 47.8 Å². The molecule has 180 valence electrons. The van der Waals surface area contributed by atoms with E-state index in [9.17, 15) is 8.78 Å². The molecule has 3 aliphatic rings. The Morgan fingerprint density at radius 2 is 2.17 bits per heavy atom. The Balaban J connectivity index is 1.52. The highest BCUT2D eigenvalue weighted by atomic mass is 32.1. The highest BCUT2D eigenvalue weighted by Crippen LogP contribution is 2.45. The number of aromatic nitrogens is 4. The second-order valence-corrected chi connectivity index (χ2v) is 9.61. The summed E-state index contributed by atoms with van der Waals surface area (Å²) < 4.78 is 38.0. The van der Waals surface area contributed by atoms with Gasteiger partial charge in [0, 0.05) is 24.4 Å². The third-order valence-electron chi connectivity index (χ3n) is 6.76. The van der Waals surface area contributed by atoms with Crippen LogP contribution in [0, 0.1) is 11.6 Å². The standard InChI is InChI=1S/C24H23F2N7OS/c1-3-24-13-34-10-9-33(24)22-18(32-8-4-5-14(2)28-23(24)32)12-27-21(29-22)20-19(30-31-35-20)16-7-6-15(25)11-17(16)26/h4,6-8,11-12,14H,3,5,9-10,13H2,1-2H3. The molecular weight excluding hydrogens is 472 g/mol. The Labute approximate surface area is 205 Å². The number of halogens is 2. The van der Waals surface area contributed by atoms with Gasteiger partial charge in [-0.3, -0.25) is 9.89 Å². The number of amidine groups is 1. The monoisotopic (exact) mass is 495 g/mol. The molecule has 2 atom stereocenters. The van der Waals surface area contributed by atoms with Crippen molar-refractivity contribution >= 4 is 28.9 Å². The van der Waals surface area contributed by atoms with Crippen molar-refractivity contribution < 1.29 is 13.5 Å². The van der Waals surface area contributed by atoms with E-state index in [1.807, 2.05) is 6.20 Å². The van der Waals surface area contributed by atoms with Crippen LogP contribution in [0.4, 0.5) is 20.3 Å². The predicted molar refractivity (Wildman–Crippen MR) is 131 cm³/mol. The normalized spacial score (nSPS) is 23.3. The number of benzene rings is 1. The Morgan fingerprint density at radius 1 is 1.29 bits per heavy atom. The largest absolute Gasteiger partial charge is 0.377 e. The lowest BCUT2D eigenvalue weighted by Crippen LogP contribution is -2.68. The van der Waals surface area contributed by atoms with Crippen LogP contribution < -0.4 is 9.80 Å². The average molecular weight is 496 g/mol. The number of nitrogens with zero attached hydrogens (tertiary/aromatic N) is 7. The lowest BCUT2D eigenvalue weighted by atomic mass is 9.88. The van der Waals surface area contributed by atoms with Gasteiger partial charge in [-0.25, -0.2) is 18.7 Å². The Kier molecular flexibility index (Phi) is 5.33. The topological polar surface area (TPSA) is 79.6 Å². The molecule has 0 aliphatic carbocycles. The Morgan fingerprint density at radius 3 is 3.00 bits per heavy atom. The summed E-state index contributed by atoms with van der Waals surface area (Å²) in [5.41, 5.74) is 0.815. The third kappa shape index (κ3) is 3.44. The van der Waals surface area contributed by atoms with E-state index >= 15 is 0 Å². The van der Waals surface area contributed by atoms with Crippen molar-refractivity contribution in [3.8, 4) is 22.0 Å². The number of ether oxygens (including phenoxy) is 1. The SMILES string of the molecule is CCC12COCCN1c1nc(-c3snnc3-c3ccc(F)cc3F)ncc1N1C=CCC(C)N=C12. The molecule has 1 saturated heterocycles. The molecule has 35 heavy (non-hydrogen) atoms. The number of anilines is 2. The van der Waals surface area contributed by atoms with Gasteiger partial charge in [0.05, 0.1) is 25.5 Å². The molecule has 8 nitrogen and oxygen atoms in total. The van der Waals surface area contributed by atoms with E-state index in [2.05, 4.69) is 44.3 Å². The van der Waals surface area contributed by atoms with Crippen LogP contribution in [0.2, 0.25) is 0 Å². The van der Waals surface area contributed by atoms with Crippen molar-refractivity contribution in [1.82, 2.24) is 19.6 Å². The summed E-state index contributed by atoms with van der Waals surface area (Å²) >= 11 is 1.08. The van der Waals surface area contributed by atoms with Crippen molar-refractivity contribution in [3.05, 3.63) is 48.3 Å². The molecule has 2 unspecified atom stereocenters. The fourth-order valence-electron chi connectivity index (χ4n) is 4.97. The first-order valence-corrected chi connectivity index (χ1v) is 12.3. The first kappa shape index (κ1) is 22.2. The zero-order chi connectivity index (χ0) is 24.2. The lowest BCUT2D eigenvalue weighted by molar-refractivity contribution is 0.0720. The summed E-state index contributed by atoms with van der Waals surface area (Å²) in [6.07, 6.45) is 7.56. The molecule has 1 aromatic carbocycles. The summed E-state index contributed by atoms with van der Waals surface area (Å²) in [5.74, 6) is 0.735. The molecule has 0 N–H and O–H groups in total. The first-order valence-electron chi connectivity index (χ1n) is 11.6. The van der Waals surface area contributed by atoms with E-state index in [1.165, 1.54) is 12.1 Å². The van der Waals surface area contributed by atoms with Gasteiger partial charge in [0.1, 0.15) is 39.3 Å². The number of aliphatic imine (C=N–C) groups is 1. The summed E-state index contributed by atoms with van der Waals surface area (Å²) in [6, 6.07) is 3.55. The lowest BCUT2D eigenvalue weighted by Gasteiger charge is -2.53. The molecule has 2 aromatic heterocycles. The minimum atomic E-state index is -0.709. The van der Waals surface area contributed by atoms with Gasteiger partial charge in [-0.05, 0) is 43.4 Å². The smallest absolute Gasteiger partial charge is 0.175 e. The van der Waals surface area contributed by atoms with Crippen molar-refractivity contribution in [3.63, 3.8) is 0 Å². The fraction of sp³-hybridized carbons (Fsp3) is 0.375. The van der Waals surface area contributed by atoms with Gasteiger partial charge >= 0.3 is 0 Å². The van der Waals surface area contributed by atoms with Gasteiger partial charge in [-0.1, -0.05) is 17.5 Å². The molecule has 5 heterocycles. The van der Waals surface area contributed by atoms with Gasteiger partial charge in [-0.2, -0.15) is 0 Å². The molecule has 3 aromatic rings. The third-order valence-corrected chi connectivity index (χ3v) is 7.48. The van der Waals surface area contributed by atoms with Crippen LogP contribution in [-0.2, 0) is 4.74 Å². The number of hydrogen-bond donors (Lipinski definition) is 0. The van der Waals surface area contributed by atoms with Gasteiger partial charge in [0.15, 0.2) is 11.6 Å². The Hall–Kier alpha value is -3.31. The quantitative estimate of drug-likeness (QED) is 0.531. The minimum Gasteiger partial charge on any atom is -0.377 e. The average Bonchev–Trinajstić information content (AvgIpc) is 3.25. The molecule has 0 radical (unpaired) electrons. The van der Waals surface area contributed by atoms with Gasteiger partial charge < -0.3 is 9.64 Å². The van der Waals surface area contributed by atoms with Crippen molar-refractivity contribution in [2.24, 2.45) is 4.99 Å². The highest BCUT2D eigenvalue weighted by molar-refractivity contribution is 7.09. The second kappa shape index (κ2) is 8.42. The summed E-state index contributed by atoms with van der Waals surface area (Å²) in [7, 11) is 0. The van der Waals surface area contributed by atoms with Gasteiger partial charge in [-0.15, -0.1) is 5.10 Å². The maximum absolute atomic E-state index is 14.6. The second-order valence-electron chi connectivity index (χ2n) is 8.86. The van der Waals surface area contributed by atoms with E-state index in [4.69, 9.17) is 14.7 Å². The predicted octanol–water partition coefficient (Wildman–Crippen LogP) is 4.45. The summed E-state index contributed by atoms with van der Waals surface area (Å²) in [5, 5.41) is 4.11. The van der Waals surface area contributed by atoms with E-state index in [-0.39, 0.29) is 17.3 Å². The van der Waals surface area contributed by atoms with E-state index in [1.54, 1.807) is 6.20 Å². The number of morpholine rings is 1. The van der Waals surface area contributed by atoms with Crippen molar-refractivity contribution in [2.75, 3.05) is 29.6 Å². The maximum atomic E-state index is 14.6. The summed E-state index contributed by atoms with van der Waals surface area (Å²) in [4.78, 5) is 19.5. The zero-order valence-electron chi connectivity index (χ0n) is 19.3. The maximum Gasteiger partial charge on any atom is 0.175 e. The molecule has 0 bridgehead atoms. The zero-order valence-corrected chi connectivity index (χ0v) is 20.1. The van der Waals surface area contributed by atoms with Crippen LogP contribution in [0.25, 0.3) is 22.0 Å². The van der Waals surface area contributed by atoms with E-state index in [0.29, 0.717) is 30.5 Å². The number of fused-ring (bicyclic) bond motifs is 6. The first-order chi connectivity index (χ1) is 17.0. The molecule has 0 saturated carbocycles. The molecular formula is C24H23F2N7OS. The van der Waals surface area contributed by atoms with Crippen LogP contribution >= 0.6 is 11.5 Å². The van der Waals surface area contributed by atoms with Crippen LogP contribution in [0.15, 0.2) is 41.7 Å². The van der Waals surface area contributed by atoms with Crippen LogP contribution in [-0.4, -0.2) is 56.7 Å². The summed E-state index contributed by atoms with van der Waals surface area (Å²) in [6.45, 7) is 5.99. The molecule has 3 aliphatic heterocycles. The fourth-order valence-corrected chi connectivity index (χ4v) is 5.59. The van der Waals surface area contributed by atoms with Crippen molar-refractivity contribution in [1.29, 1.82) is 0 Å². The van der Waals surface area contributed by atoms with E-state index < -0.39 is 17.2 Å². The molecule has 11 heteroatoms. The van der Waals surface area contributed by atoms with Crippen LogP contribution in [0.1, 0.15) is 26.7 Å². The molecule has 6 rings (SSSR count). The van der Waals surface area contributed by atoms with Crippen molar-refractivity contribution in [2.45, 2.75) is 38.3 Å². The molecule has 0 spiro atoms. The van der Waals surface area contributed by atoms with Gasteiger partial charge in [0.2, 0.25) is 0 Å². The van der Waals surface area contributed by atoms with Crippen LogP contribution in [0.3, 0.4) is 0 Å². The van der Waals surface area contributed by atoms with Crippen LogP contribution in [0.5, 0.6) is 0 Å². The highest BCUT2D eigenvalue weighted by Gasteiger charge is 2.51. The Bertz CT molecular complexity index is 1360. The van der Waals surface area contributed by atoms with Gasteiger partial charge in [0.25, 0.3) is 0 Å². The number of hydrogen-bond acceptors (Lipinski definition) is 9. The molecule has 1 fully saturated rings. The number of rotatable bonds is 3. The molecule has 0 amide bonds. The minimum absolute atomic E-state index is 0.150.